The molecular formula is C8H18O2Si. The molecule has 3 heteroatoms. The third kappa shape index (κ3) is 3.06. The first-order chi connectivity index (χ1) is 5.10. The van der Waals surface area contributed by atoms with Gasteiger partial charge in [0.2, 0.25) is 0 Å². The summed E-state index contributed by atoms with van der Waals surface area (Å²) in [7, 11) is -1.38. The Morgan fingerprint density at radius 2 is 1.55 bits per heavy atom. The molecule has 0 aromatic heterocycles. The molecule has 0 aliphatic rings. The molecule has 0 aromatic rings. The first kappa shape index (κ1) is 10.7. The van der Waals surface area contributed by atoms with Crippen LogP contribution in [0.15, 0.2) is 0 Å². The van der Waals surface area contributed by atoms with E-state index >= 15 is 0 Å². The number of carbonyl (C=O) groups is 1. The molecule has 0 saturated carbocycles. The lowest BCUT2D eigenvalue weighted by molar-refractivity contribution is -0.134. The van der Waals surface area contributed by atoms with Crippen LogP contribution in [0.3, 0.4) is 0 Å². The van der Waals surface area contributed by atoms with E-state index in [0.29, 0.717) is 6.04 Å². The second kappa shape index (κ2) is 4.54. The van der Waals surface area contributed by atoms with Crippen molar-refractivity contribution in [1.29, 1.82) is 0 Å². The van der Waals surface area contributed by atoms with Crippen molar-refractivity contribution in [2.75, 3.05) is 0 Å². The van der Waals surface area contributed by atoms with Crippen LogP contribution in [0, 0.1) is 0 Å². The maximum atomic E-state index is 10.5. The van der Waals surface area contributed by atoms with Gasteiger partial charge in [-0.2, -0.15) is 0 Å². The summed E-state index contributed by atoms with van der Waals surface area (Å²) >= 11 is 0. The fourth-order valence-corrected chi connectivity index (χ4v) is 4.34. The van der Waals surface area contributed by atoms with Crippen molar-refractivity contribution in [1.82, 2.24) is 0 Å². The van der Waals surface area contributed by atoms with Gasteiger partial charge in [0.15, 0.2) is 0 Å². The second-order valence-corrected chi connectivity index (χ2v) is 8.61. The fourth-order valence-electron chi connectivity index (χ4n) is 1.45. The van der Waals surface area contributed by atoms with Crippen LogP contribution in [-0.4, -0.2) is 19.1 Å². The predicted octanol–water partition coefficient (Wildman–Crippen LogP) is 2.58. The average molecular weight is 174 g/mol. The van der Waals surface area contributed by atoms with E-state index in [1.54, 1.807) is 0 Å². The second-order valence-electron chi connectivity index (χ2n) is 3.13. The van der Waals surface area contributed by atoms with E-state index in [4.69, 9.17) is 5.11 Å². The highest BCUT2D eigenvalue weighted by atomic mass is 28.3. The number of aliphatic carboxylic acids is 1. The minimum absolute atomic E-state index is 0.455. The standard InChI is InChI=1S/C8H18O2Si/c1-4-11(5-2,6-3)7-8(9)10/h4-7H2,1-3H3,(H,9,10). The smallest absolute Gasteiger partial charge is 0.300 e. The number of carboxylic acid groups (broad SMARTS) is 1. The van der Waals surface area contributed by atoms with Gasteiger partial charge >= 0.3 is 5.97 Å². The van der Waals surface area contributed by atoms with Gasteiger partial charge < -0.3 is 5.11 Å². The van der Waals surface area contributed by atoms with Crippen molar-refractivity contribution in [2.45, 2.75) is 44.9 Å². The molecule has 0 aromatic carbocycles. The van der Waals surface area contributed by atoms with Crippen molar-refractivity contribution in [2.24, 2.45) is 0 Å². The van der Waals surface area contributed by atoms with Crippen molar-refractivity contribution in [3.63, 3.8) is 0 Å². The molecule has 11 heavy (non-hydrogen) atoms. The number of hydrogen-bond acceptors (Lipinski definition) is 1. The van der Waals surface area contributed by atoms with Crippen LogP contribution in [0.5, 0.6) is 0 Å². The van der Waals surface area contributed by atoms with Crippen LogP contribution in [0.25, 0.3) is 0 Å². The van der Waals surface area contributed by atoms with E-state index < -0.39 is 14.0 Å². The molecule has 66 valence electrons. The van der Waals surface area contributed by atoms with Gasteiger partial charge in [-0.3, -0.25) is 4.79 Å². The van der Waals surface area contributed by atoms with Crippen LogP contribution in [0.2, 0.25) is 24.2 Å². The molecule has 0 heterocycles. The highest BCUT2D eigenvalue weighted by Crippen LogP contribution is 2.24. The van der Waals surface area contributed by atoms with Gasteiger partial charge in [0.1, 0.15) is 0 Å². The molecule has 0 bridgehead atoms. The molecule has 0 amide bonds. The normalized spacial score (nSPS) is 11.5. The molecule has 0 unspecified atom stereocenters. The average Bonchev–Trinajstić information content (AvgIpc) is 2.00. The Balaban J connectivity index is 4.16. The third-order valence-electron chi connectivity index (χ3n) is 2.78. The summed E-state index contributed by atoms with van der Waals surface area (Å²) < 4.78 is 0. The monoisotopic (exact) mass is 174 g/mol. The summed E-state index contributed by atoms with van der Waals surface area (Å²) in [5.41, 5.74) is 0. The van der Waals surface area contributed by atoms with Gasteiger partial charge in [-0.1, -0.05) is 38.9 Å². The largest absolute Gasteiger partial charge is 0.481 e. The van der Waals surface area contributed by atoms with Crippen LogP contribution >= 0.6 is 0 Å². The Bertz CT molecular complexity index is 122. The molecule has 2 nitrogen and oxygen atoms in total. The number of carboxylic acids is 1. The first-order valence-electron chi connectivity index (χ1n) is 4.32. The van der Waals surface area contributed by atoms with Crippen molar-refractivity contribution < 1.29 is 9.90 Å². The lowest BCUT2D eigenvalue weighted by Crippen LogP contribution is -2.33. The maximum absolute atomic E-state index is 10.5. The van der Waals surface area contributed by atoms with Crippen LogP contribution in [0.1, 0.15) is 20.8 Å². The van der Waals surface area contributed by atoms with Gasteiger partial charge in [-0.15, -0.1) is 0 Å². The van der Waals surface area contributed by atoms with E-state index in [2.05, 4.69) is 20.8 Å². The molecule has 0 aliphatic heterocycles. The van der Waals surface area contributed by atoms with E-state index in [9.17, 15) is 4.79 Å². The fraction of sp³-hybridized carbons (Fsp3) is 0.875. The Morgan fingerprint density at radius 3 is 1.64 bits per heavy atom. The van der Waals surface area contributed by atoms with Crippen LogP contribution in [0.4, 0.5) is 0 Å². The molecular weight excluding hydrogens is 156 g/mol. The first-order valence-corrected chi connectivity index (χ1v) is 7.15. The Labute approximate surface area is 69.6 Å². The Hall–Kier alpha value is -0.313. The van der Waals surface area contributed by atoms with Crippen molar-refractivity contribution in [3.8, 4) is 0 Å². The summed E-state index contributed by atoms with van der Waals surface area (Å²) in [5, 5.41) is 8.68. The van der Waals surface area contributed by atoms with Crippen LogP contribution < -0.4 is 0 Å². The van der Waals surface area contributed by atoms with E-state index in [0.717, 1.165) is 18.1 Å². The van der Waals surface area contributed by atoms with Gasteiger partial charge in [0, 0.05) is 6.04 Å². The van der Waals surface area contributed by atoms with Gasteiger partial charge in [-0.05, 0) is 0 Å². The topological polar surface area (TPSA) is 37.3 Å². The minimum atomic E-state index is -1.38. The lowest BCUT2D eigenvalue weighted by atomic mass is 10.8. The molecule has 0 atom stereocenters. The molecule has 0 spiro atoms. The summed E-state index contributed by atoms with van der Waals surface area (Å²) in [6, 6.07) is 3.77. The summed E-state index contributed by atoms with van der Waals surface area (Å²) in [6.07, 6.45) is 0. The summed E-state index contributed by atoms with van der Waals surface area (Å²) in [6.45, 7) is 6.38. The molecule has 0 radical (unpaired) electrons. The Kier molecular flexibility index (Phi) is 4.41. The molecule has 0 rings (SSSR count). The maximum Gasteiger partial charge on any atom is 0.300 e. The molecule has 1 N–H and O–H groups in total. The van der Waals surface area contributed by atoms with E-state index in [1.165, 1.54) is 0 Å². The Morgan fingerprint density at radius 1 is 1.18 bits per heavy atom. The zero-order valence-corrected chi connectivity index (χ0v) is 8.68. The summed E-state index contributed by atoms with van der Waals surface area (Å²) in [5.74, 6) is -0.609. The number of hydrogen-bond donors (Lipinski definition) is 1. The molecule has 0 fully saturated rings. The minimum Gasteiger partial charge on any atom is -0.481 e. The van der Waals surface area contributed by atoms with Gasteiger partial charge in [0.25, 0.3) is 0 Å². The zero-order chi connectivity index (χ0) is 8.91. The van der Waals surface area contributed by atoms with Gasteiger partial charge in [-0.25, -0.2) is 0 Å². The highest BCUT2D eigenvalue weighted by Gasteiger charge is 2.29. The zero-order valence-electron chi connectivity index (χ0n) is 7.68. The SMILES string of the molecule is CC[Si](CC)(CC)CC(=O)O. The number of rotatable bonds is 5. The van der Waals surface area contributed by atoms with Crippen molar-refractivity contribution in [3.05, 3.63) is 0 Å². The van der Waals surface area contributed by atoms with E-state index in [1.807, 2.05) is 0 Å². The quantitative estimate of drug-likeness (QED) is 0.650. The van der Waals surface area contributed by atoms with Gasteiger partial charge in [0.05, 0.1) is 8.07 Å². The molecule has 0 saturated heterocycles. The predicted molar refractivity (Wildman–Crippen MR) is 49.6 cm³/mol. The van der Waals surface area contributed by atoms with Crippen LogP contribution in [-0.2, 0) is 4.79 Å². The molecule has 0 aliphatic carbocycles. The lowest BCUT2D eigenvalue weighted by Gasteiger charge is -2.25. The summed E-state index contributed by atoms with van der Waals surface area (Å²) in [4.78, 5) is 10.5. The third-order valence-corrected chi connectivity index (χ3v) is 8.33. The van der Waals surface area contributed by atoms with Crippen molar-refractivity contribution >= 4 is 14.0 Å². The highest BCUT2D eigenvalue weighted by molar-refractivity contribution is 6.81. The van der Waals surface area contributed by atoms with E-state index in [-0.39, 0.29) is 0 Å².